The van der Waals surface area contributed by atoms with Gasteiger partial charge in [-0.25, -0.2) is 17.9 Å². The Morgan fingerprint density at radius 2 is 1.88 bits per heavy atom. The van der Waals surface area contributed by atoms with E-state index < -0.39 is 22.1 Å². The van der Waals surface area contributed by atoms with Crippen molar-refractivity contribution < 1.29 is 23.4 Å². The second kappa shape index (κ2) is 5.76. The molecule has 0 aromatic heterocycles. The van der Waals surface area contributed by atoms with Crippen LogP contribution >= 0.6 is 0 Å². The molecular weight excluding hydrogens is 246 g/mol. The first-order valence-corrected chi connectivity index (χ1v) is 6.37. The van der Waals surface area contributed by atoms with Gasteiger partial charge in [-0.2, -0.15) is 0 Å². The number of benzene rings is 1. The molecule has 6 nitrogen and oxygen atoms in total. The molecule has 0 spiro atoms. The highest BCUT2D eigenvalue weighted by Crippen LogP contribution is 2.06. The maximum Gasteiger partial charge on any atom is 0.332 e. The van der Waals surface area contributed by atoms with Crippen molar-refractivity contribution in [3.63, 3.8) is 0 Å². The number of hydrogen-bond acceptors (Lipinski definition) is 4. The van der Waals surface area contributed by atoms with Gasteiger partial charge >= 0.3 is 5.97 Å². The van der Waals surface area contributed by atoms with Crippen LogP contribution in [0.5, 0.6) is 0 Å². The van der Waals surface area contributed by atoms with Crippen LogP contribution in [-0.2, 0) is 14.8 Å². The van der Waals surface area contributed by atoms with Crippen LogP contribution in [0.25, 0.3) is 0 Å². The van der Waals surface area contributed by atoms with Gasteiger partial charge in [-0.3, -0.25) is 0 Å². The number of hydrogen-bond donors (Lipinski definition) is 3. The van der Waals surface area contributed by atoms with E-state index in [0.717, 1.165) is 0 Å². The molecule has 0 aliphatic rings. The second-order valence-electron chi connectivity index (χ2n) is 3.35. The van der Waals surface area contributed by atoms with Gasteiger partial charge in [0.15, 0.2) is 6.10 Å². The highest BCUT2D eigenvalue weighted by atomic mass is 32.2. The Bertz CT molecular complexity index is 471. The zero-order chi connectivity index (χ0) is 12.9. The number of nitrogens with one attached hydrogen (secondary N) is 1. The molecule has 0 saturated heterocycles. The number of rotatable bonds is 6. The van der Waals surface area contributed by atoms with E-state index in [0.29, 0.717) is 0 Å². The highest BCUT2D eigenvalue weighted by Gasteiger charge is 2.16. The Kier molecular flexibility index (Phi) is 4.62. The van der Waals surface area contributed by atoms with Crippen molar-refractivity contribution in [1.82, 2.24) is 4.72 Å². The molecule has 1 unspecified atom stereocenters. The van der Waals surface area contributed by atoms with E-state index in [1.54, 1.807) is 18.2 Å². The quantitative estimate of drug-likeness (QED) is 0.656. The smallest absolute Gasteiger partial charge is 0.332 e. The monoisotopic (exact) mass is 259 g/mol. The van der Waals surface area contributed by atoms with Crippen LogP contribution in [0, 0.1) is 0 Å². The van der Waals surface area contributed by atoms with Gasteiger partial charge in [0.2, 0.25) is 10.0 Å². The molecular formula is C10H13NO5S. The first-order valence-electron chi connectivity index (χ1n) is 4.89. The van der Waals surface area contributed by atoms with E-state index in [1.165, 1.54) is 12.1 Å². The standard InChI is InChI=1S/C10H13NO5S/c12-9(10(13)14)6-7-11-17(15,16)8-4-2-1-3-5-8/h1-5,9,11-12H,6-7H2,(H,13,14). The minimum absolute atomic E-state index is 0.102. The molecule has 0 aliphatic carbocycles. The average Bonchev–Trinajstić information content (AvgIpc) is 2.29. The van der Waals surface area contributed by atoms with E-state index in [-0.39, 0.29) is 17.9 Å². The van der Waals surface area contributed by atoms with Gasteiger partial charge in [-0.05, 0) is 18.6 Å². The molecule has 1 aromatic rings. The molecule has 0 amide bonds. The summed E-state index contributed by atoms with van der Waals surface area (Å²) in [5, 5.41) is 17.4. The lowest BCUT2D eigenvalue weighted by Crippen LogP contribution is -2.30. The van der Waals surface area contributed by atoms with E-state index in [2.05, 4.69) is 4.72 Å². The molecule has 1 aromatic carbocycles. The van der Waals surface area contributed by atoms with Crippen molar-refractivity contribution in [3.05, 3.63) is 30.3 Å². The SMILES string of the molecule is O=C(O)C(O)CCNS(=O)(=O)c1ccccc1. The Morgan fingerprint density at radius 3 is 2.41 bits per heavy atom. The van der Waals surface area contributed by atoms with Crippen LogP contribution < -0.4 is 4.72 Å². The molecule has 7 heteroatoms. The largest absolute Gasteiger partial charge is 0.479 e. The minimum Gasteiger partial charge on any atom is -0.479 e. The third-order valence-corrected chi connectivity index (χ3v) is 3.53. The maximum atomic E-state index is 11.6. The highest BCUT2D eigenvalue weighted by molar-refractivity contribution is 7.89. The van der Waals surface area contributed by atoms with Crippen LogP contribution in [0.2, 0.25) is 0 Å². The van der Waals surface area contributed by atoms with Gasteiger partial charge in [0.25, 0.3) is 0 Å². The van der Waals surface area contributed by atoms with E-state index >= 15 is 0 Å². The van der Waals surface area contributed by atoms with Crippen LogP contribution in [0.15, 0.2) is 35.2 Å². The average molecular weight is 259 g/mol. The number of aliphatic carboxylic acids is 1. The second-order valence-corrected chi connectivity index (χ2v) is 5.12. The Balaban J connectivity index is 2.55. The van der Waals surface area contributed by atoms with Gasteiger partial charge in [0.1, 0.15) is 0 Å². The first kappa shape index (κ1) is 13.6. The first-order chi connectivity index (χ1) is 7.93. The number of carbonyl (C=O) groups is 1. The zero-order valence-corrected chi connectivity index (χ0v) is 9.72. The summed E-state index contributed by atoms with van der Waals surface area (Å²) in [7, 11) is -3.64. The summed E-state index contributed by atoms with van der Waals surface area (Å²) in [6.45, 7) is -0.134. The molecule has 17 heavy (non-hydrogen) atoms. The third kappa shape index (κ3) is 4.14. The summed E-state index contributed by atoms with van der Waals surface area (Å²) >= 11 is 0. The van der Waals surface area contributed by atoms with Crippen molar-refractivity contribution in [1.29, 1.82) is 0 Å². The molecule has 94 valence electrons. The Labute approximate surface area is 99.0 Å². The molecule has 0 fully saturated rings. The van der Waals surface area contributed by atoms with Gasteiger partial charge in [0.05, 0.1) is 4.90 Å². The molecule has 0 aliphatic heterocycles. The number of aliphatic hydroxyl groups excluding tert-OH is 1. The minimum atomic E-state index is -3.64. The molecule has 0 saturated carbocycles. The molecule has 1 atom stereocenters. The number of sulfonamides is 1. The lowest BCUT2D eigenvalue weighted by Gasteiger charge is -2.08. The van der Waals surface area contributed by atoms with Crippen molar-refractivity contribution >= 4 is 16.0 Å². The fourth-order valence-electron chi connectivity index (χ4n) is 1.14. The summed E-state index contributed by atoms with van der Waals surface area (Å²) in [5.74, 6) is -1.37. The lowest BCUT2D eigenvalue weighted by atomic mass is 10.3. The molecule has 3 N–H and O–H groups in total. The topological polar surface area (TPSA) is 104 Å². The van der Waals surface area contributed by atoms with E-state index in [1.807, 2.05) is 0 Å². The van der Waals surface area contributed by atoms with Gasteiger partial charge in [0, 0.05) is 6.54 Å². The van der Waals surface area contributed by atoms with Crippen LogP contribution in [0.1, 0.15) is 6.42 Å². The predicted octanol–water partition coefficient (Wildman–Crippen LogP) is -0.200. The summed E-state index contributed by atoms with van der Waals surface area (Å²) in [6, 6.07) is 7.71. The van der Waals surface area contributed by atoms with Gasteiger partial charge in [-0.1, -0.05) is 18.2 Å². The molecule has 0 radical (unpaired) electrons. The summed E-state index contributed by atoms with van der Waals surface area (Å²) in [4.78, 5) is 10.4. The van der Waals surface area contributed by atoms with Crippen molar-refractivity contribution in [2.24, 2.45) is 0 Å². The normalized spacial score (nSPS) is 13.2. The van der Waals surface area contributed by atoms with Crippen molar-refractivity contribution in [2.75, 3.05) is 6.54 Å². The van der Waals surface area contributed by atoms with Crippen molar-refractivity contribution in [3.8, 4) is 0 Å². The number of carboxylic acid groups (broad SMARTS) is 1. The summed E-state index contributed by atoms with van der Waals surface area (Å²) in [5.41, 5.74) is 0. The zero-order valence-electron chi connectivity index (χ0n) is 8.91. The van der Waals surface area contributed by atoms with Gasteiger partial charge < -0.3 is 10.2 Å². The van der Waals surface area contributed by atoms with Gasteiger partial charge in [-0.15, -0.1) is 0 Å². The summed E-state index contributed by atoms with van der Waals surface area (Å²) < 4.78 is 25.5. The van der Waals surface area contributed by atoms with Crippen molar-refractivity contribution in [2.45, 2.75) is 17.4 Å². The van der Waals surface area contributed by atoms with E-state index in [4.69, 9.17) is 10.2 Å². The summed E-state index contributed by atoms with van der Waals surface area (Å²) in [6.07, 6.45) is -1.74. The lowest BCUT2D eigenvalue weighted by molar-refractivity contribution is -0.146. The molecule has 0 bridgehead atoms. The molecule has 1 rings (SSSR count). The van der Waals surface area contributed by atoms with Crippen LogP contribution in [0.4, 0.5) is 0 Å². The number of aliphatic hydroxyl groups is 1. The third-order valence-electron chi connectivity index (χ3n) is 2.05. The van der Waals surface area contributed by atoms with E-state index in [9.17, 15) is 13.2 Å². The maximum absolute atomic E-state index is 11.6. The molecule has 0 heterocycles. The fraction of sp³-hybridized carbons (Fsp3) is 0.300. The predicted molar refractivity (Wildman–Crippen MR) is 59.9 cm³/mol. The van der Waals surface area contributed by atoms with Crippen LogP contribution in [-0.4, -0.2) is 37.2 Å². The van der Waals surface area contributed by atoms with Crippen LogP contribution in [0.3, 0.4) is 0 Å². The number of carboxylic acids is 1. The Hall–Kier alpha value is -1.44. The fourth-order valence-corrected chi connectivity index (χ4v) is 2.21. The Morgan fingerprint density at radius 1 is 1.29 bits per heavy atom.